The minimum absolute atomic E-state index is 0.368. The molecule has 0 bridgehead atoms. The van der Waals surface area contributed by atoms with Crippen LogP contribution in [-0.2, 0) is 24.1 Å². The van der Waals surface area contributed by atoms with Gasteiger partial charge in [-0.05, 0) is 32.1 Å². The molecule has 3 rings (SSSR count). The fourth-order valence-electron chi connectivity index (χ4n) is 3.42. The summed E-state index contributed by atoms with van der Waals surface area (Å²) in [4.78, 5) is 4.76. The second-order valence-corrected chi connectivity index (χ2v) is 6.09. The molecule has 1 aliphatic rings. The van der Waals surface area contributed by atoms with E-state index in [1.165, 1.54) is 0 Å². The van der Waals surface area contributed by atoms with Crippen LogP contribution in [0.25, 0.3) is 11.2 Å². The average molecular weight is 311 g/mol. The maximum atomic E-state index is 6.15. The van der Waals surface area contributed by atoms with E-state index in [-0.39, 0.29) is 0 Å². The Kier molecular flexibility index (Phi) is 4.22. The fourth-order valence-corrected chi connectivity index (χ4v) is 3.61. The summed E-state index contributed by atoms with van der Waals surface area (Å²) < 4.78 is 9.74. The van der Waals surface area contributed by atoms with Crippen LogP contribution in [0.5, 0.6) is 0 Å². The Morgan fingerprint density at radius 1 is 1.38 bits per heavy atom. The summed E-state index contributed by atoms with van der Waals surface area (Å²) in [6.45, 7) is 6.10. The average Bonchev–Trinajstić information content (AvgIpc) is 3.05. The van der Waals surface area contributed by atoms with Crippen molar-refractivity contribution in [2.75, 3.05) is 13.2 Å². The van der Waals surface area contributed by atoms with Gasteiger partial charge in [0.25, 0.3) is 0 Å². The Bertz CT molecular complexity index is 627. The van der Waals surface area contributed by atoms with Gasteiger partial charge in [-0.15, -0.1) is 11.6 Å². The van der Waals surface area contributed by atoms with Gasteiger partial charge in [0.05, 0.1) is 11.6 Å². The van der Waals surface area contributed by atoms with E-state index in [0.29, 0.717) is 17.8 Å². The Morgan fingerprint density at radius 3 is 2.71 bits per heavy atom. The molecule has 6 heteroatoms. The first-order chi connectivity index (χ1) is 10.2. The van der Waals surface area contributed by atoms with E-state index in [1.807, 2.05) is 11.7 Å². The van der Waals surface area contributed by atoms with Crippen molar-refractivity contribution in [2.24, 2.45) is 13.0 Å². The van der Waals surface area contributed by atoms with Gasteiger partial charge < -0.3 is 9.30 Å². The lowest BCUT2D eigenvalue weighted by atomic mass is 9.92. The molecule has 0 amide bonds. The molecule has 0 aliphatic carbocycles. The molecule has 5 nitrogen and oxygen atoms in total. The highest BCUT2D eigenvalue weighted by atomic mass is 35.5. The highest BCUT2D eigenvalue weighted by Gasteiger charge is 2.27. The molecule has 1 saturated heterocycles. The normalized spacial score (nSPS) is 18.5. The third-order valence-electron chi connectivity index (χ3n) is 4.62. The SMILES string of the molecule is CCc1nn(C)c2c1nc(CCl)n2C(C)C1CCOCC1. The minimum atomic E-state index is 0.368. The second kappa shape index (κ2) is 5.97. The zero-order valence-corrected chi connectivity index (χ0v) is 13.7. The summed E-state index contributed by atoms with van der Waals surface area (Å²) in [6.07, 6.45) is 3.09. The predicted molar refractivity (Wildman–Crippen MR) is 83.7 cm³/mol. The molecule has 1 unspecified atom stereocenters. The number of hydrogen-bond donors (Lipinski definition) is 0. The number of rotatable bonds is 4. The highest BCUT2D eigenvalue weighted by molar-refractivity contribution is 6.16. The predicted octanol–water partition coefficient (Wildman–Crippen LogP) is 3.06. The van der Waals surface area contributed by atoms with E-state index in [4.69, 9.17) is 21.3 Å². The first kappa shape index (κ1) is 14.9. The van der Waals surface area contributed by atoms with Crippen molar-refractivity contribution in [3.8, 4) is 0 Å². The fraction of sp³-hybridized carbons (Fsp3) is 0.733. The molecule has 0 spiro atoms. The Morgan fingerprint density at radius 2 is 2.10 bits per heavy atom. The maximum Gasteiger partial charge on any atom is 0.158 e. The number of imidazole rings is 1. The van der Waals surface area contributed by atoms with Crippen LogP contribution in [0.3, 0.4) is 0 Å². The van der Waals surface area contributed by atoms with Gasteiger partial charge in [-0.3, -0.25) is 4.68 Å². The van der Waals surface area contributed by atoms with Crippen molar-refractivity contribution in [3.63, 3.8) is 0 Å². The van der Waals surface area contributed by atoms with Gasteiger partial charge >= 0.3 is 0 Å². The van der Waals surface area contributed by atoms with Crippen LogP contribution >= 0.6 is 11.6 Å². The molecule has 0 N–H and O–H groups in total. The third kappa shape index (κ3) is 2.46. The first-order valence-corrected chi connectivity index (χ1v) is 8.27. The van der Waals surface area contributed by atoms with Crippen molar-refractivity contribution in [1.29, 1.82) is 0 Å². The topological polar surface area (TPSA) is 44.9 Å². The smallest absolute Gasteiger partial charge is 0.158 e. The van der Waals surface area contributed by atoms with Gasteiger partial charge in [-0.2, -0.15) is 5.10 Å². The lowest BCUT2D eigenvalue weighted by Gasteiger charge is -2.29. The molecular weight excluding hydrogens is 288 g/mol. The van der Waals surface area contributed by atoms with E-state index < -0.39 is 0 Å². The maximum absolute atomic E-state index is 6.15. The van der Waals surface area contributed by atoms with Crippen molar-refractivity contribution >= 4 is 22.8 Å². The highest BCUT2D eigenvalue weighted by Crippen LogP contribution is 2.32. The molecule has 0 radical (unpaired) electrons. The van der Waals surface area contributed by atoms with Crippen molar-refractivity contribution < 1.29 is 4.74 Å². The standard InChI is InChI=1S/C15H23ClN4O/c1-4-12-14-15(19(3)18-12)20(13(9-16)17-14)10(2)11-5-7-21-8-6-11/h10-11H,4-9H2,1-3H3. The van der Waals surface area contributed by atoms with E-state index in [9.17, 15) is 0 Å². The molecule has 0 aromatic carbocycles. The van der Waals surface area contributed by atoms with Gasteiger partial charge in [0.2, 0.25) is 0 Å². The van der Waals surface area contributed by atoms with Crippen molar-refractivity contribution in [1.82, 2.24) is 19.3 Å². The summed E-state index contributed by atoms with van der Waals surface area (Å²) in [5, 5.41) is 4.60. The number of fused-ring (bicyclic) bond motifs is 1. The number of ether oxygens (including phenoxy) is 1. The van der Waals surface area contributed by atoms with Gasteiger partial charge in [0, 0.05) is 26.3 Å². The summed E-state index contributed by atoms with van der Waals surface area (Å²) >= 11 is 6.15. The molecule has 1 aliphatic heterocycles. The van der Waals surface area contributed by atoms with E-state index in [0.717, 1.165) is 55.2 Å². The molecule has 1 atom stereocenters. The van der Waals surface area contributed by atoms with Crippen LogP contribution < -0.4 is 0 Å². The Balaban J connectivity index is 2.08. The van der Waals surface area contributed by atoms with Gasteiger partial charge in [0.1, 0.15) is 11.3 Å². The molecule has 2 aromatic heterocycles. The molecule has 2 aromatic rings. The van der Waals surface area contributed by atoms with E-state index in [2.05, 4.69) is 23.5 Å². The molecule has 1 fully saturated rings. The number of alkyl halides is 1. The summed E-state index contributed by atoms with van der Waals surface area (Å²) in [5.41, 5.74) is 3.16. The lowest BCUT2D eigenvalue weighted by molar-refractivity contribution is 0.0514. The van der Waals surface area contributed by atoms with Gasteiger partial charge in [-0.25, -0.2) is 4.98 Å². The number of halogens is 1. The number of nitrogens with zero attached hydrogens (tertiary/aromatic N) is 4. The van der Waals surface area contributed by atoms with Crippen LogP contribution in [0.1, 0.15) is 44.2 Å². The third-order valence-corrected chi connectivity index (χ3v) is 4.86. The van der Waals surface area contributed by atoms with E-state index >= 15 is 0 Å². The van der Waals surface area contributed by atoms with Crippen LogP contribution in [-0.4, -0.2) is 32.5 Å². The summed E-state index contributed by atoms with van der Waals surface area (Å²) in [5.74, 6) is 2.00. The first-order valence-electron chi connectivity index (χ1n) is 7.73. The minimum Gasteiger partial charge on any atom is -0.381 e. The van der Waals surface area contributed by atoms with Crippen molar-refractivity contribution in [2.45, 2.75) is 45.0 Å². The molecule has 21 heavy (non-hydrogen) atoms. The lowest BCUT2D eigenvalue weighted by Crippen LogP contribution is -2.25. The zero-order valence-electron chi connectivity index (χ0n) is 13.0. The molecule has 3 heterocycles. The number of aromatic nitrogens is 4. The van der Waals surface area contributed by atoms with Crippen LogP contribution in [0.15, 0.2) is 0 Å². The Hall–Kier alpha value is -1.07. The van der Waals surface area contributed by atoms with Crippen molar-refractivity contribution in [3.05, 3.63) is 11.5 Å². The summed E-state index contributed by atoms with van der Waals surface area (Å²) in [7, 11) is 1.99. The zero-order chi connectivity index (χ0) is 15.0. The Labute approximate surface area is 130 Å². The van der Waals surface area contributed by atoms with Crippen LogP contribution in [0.4, 0.5) is 0 Å². The van der Waals surface area contributed by atoms with Crippen LogP contribution in [0.2, 0.25) is 0 Å². The molecular formula is C15H23ClN4O. The monoisotopic (exact) mass is 310 g/mol. The number of aryl methyl sites for hydroxylation is 2. The quantitative estimate of drug-likeness (QED) is 0.815. The summed E-state index contributed by atoms with van der Waals surface area (Å²) in [6, 6.07) is 0.368. The number of hydrogen-bond acceptors (Lipinski definition) is 3. The molecule has 0 saturated carbocycles. The van der Waals surface area contributed by atoms with Gasteiger partial charge in [0.15, 0.2) is 5.65 Å². The second-order valence-electron chi connectivity index (χ2n) is 5.82. The van der Waals surface area contributed by atoms with E-state index in [1.54, 1.807) is 0 Å². The molecule has 116 valence electrons. The van der Waals surface area contributed by atoms with Gasteiger partial charge in [-0.1, -0.05) is 6.92 Å². The largest absolute Gasteiger partial charge is 0.381 e. The van der Waals surface area contributed by atoms with Crippen LogP contribution in [0, 0.1) is 5.92 Å².